The monoisotopic (exact) mass is 338 g/mol. The second-order valence-electron chi connectivity index (χ2n) is 7.00. The third-order valence-electron chi connectivity index (χ3n) is 5.02. The van der Waals surface area contributed by atoms with Crippen molar-refractivity contribution < 1.29 is 14.3 Å². The van der Waals surface area contributed by atoms with E-state index in [1.165, 1.54) is 4.90 Å². The normalized spacial score (nSPS) is 28.1. The van der Waals surface area contributed by atoms with Crippen LogP contribution in [0.15, 0.2) is 42.5 Å². The van der Waals surface area contributed by atoms with Gasteiger partial charge in [-0.15, -0.1) is 0 Å². The number of amides is 2. The minimum atomic E-state index is -0.389. The lowest BCUT2D eigenvalue weighted by atomic mass is 10.1. The van der Waals surface area contributed by atoms with Crippen LogP contribution >= 0.6 is 0 Å². The Hall–Kier alpha value is -2.24. The maximum Gasteiger partial charge on any atom is 0.251 e. The first-order chi connectivity index (χ1) is 12.0. The summed E-state index contributed by atoms with van der Waals surface area (Å²) in [5, 5.41) is 1.95. The standard InChI is InChI=1S/C20H22N2O3/c1-13-11-21(12-14(2)25-13)18-10-19(23)22(20(18)24)17-9-5-7-15-6-3-4-8-16(15)17/h3-9,13-14,18H,10-12H2,1-2H3/t13-,14-,18-/m1/s1. The van der Waals surface area contributed by atoms with Gasteiger partial charge in [-0.25, -0.2) is 4.90 Å². The summed E-state index contributed by atoms with van der Waals surface area (Å²) in [6.07, 6.45) is 0.373. The Labute approximate surface area is 147 Å². The summed E-state index contributed by atoms with van der Waals surface area (Å²) in [4.78, 5) is 29.3. The topological polar surface area (TPSA) is 49.9 Å². The Morgan fingerprint density at radius 1 is 0.960 bits per heavy atom. The van der Waals surface area contributed by atoms with Crippen LogP contribution < -0.4 is 4.90 Å². The molecule has 0 radical (unpaired) electrons. The lowest BCUT2D eigenvalue weighted by Crippen LogP contribution is -2.52. The Bertz CT molecular complexity index is 819. The summed E-state index contributed by atoms with van der Waals surface area (Å²) < 4.78 is 5.76. The molecule has 0 aromatic heterocycles. The van der Waals surface area contributed by atoms with Crippen LogP contribution in [-0.2, 0) is 14.3 Å². The van der Waals surface area contributed by atoms with Crippen LogP contribution in [0.4, 0.5) is 5.69 Å². The predicted octanol–water partition coefficient (Wildman–Crippen LogP) is 2.58. The molecule has 25 heavy (non-hydrogen) atoms. The number of rotatable bonds is 2. The van der Waals surface area contributed by atoms with Crippen molar-refractivity contribution in [1.82, 2.24) is 4.90 Å². The molecular formula is C20H22N2O3. The second kappa shape index (κ2) is 6.24. The van der Waals surface area contributed by atoms with Crippen LogP contribution in [0.3, 0.4) is 0 Å². The molecule has 2 aliphatic rings. The van der Waals surface area contributed by atoms with Crippen LogP contribution in [0.2, 0.25) is 0 Å². The van der Waals surface area contributed by atoms with Crippen molar-refractivity contribution in [1.29, 1.82) is 0 Å². The summed E-state index contributed by atoms with van der Waals surface area (Å²) in [6.45, 7) is 5.37. The molecule has 0 spiro atoms. The summed E-state index contributed by atoms with van der Waals surface area (Å²) in [7, 11) is 0. The molecule has 0 aliphatic carbocycles. The second-order valence-corrected chi connectivity index (χ2v) is 7.00. The first-order valence-electron chi connectivity index (χ1n) is 8.78. The fourth-order valence-electron chi connectivity index (χ4n) is 4.03. The molecule has 0 bridgehead atoms. The summed E-state index contributed by atoms with van der Waals surface area (Å²) in [6, 6.07) is 13.2. The van der Waals surface area contributed by atoms with Gasteiger partial charge >= 0.3 is 0 Å². The largest absolute Gasteiger partial charge is 0.373 e. The molecule has 0 saturated carbocycles. The van der Waals surface area contributed by atoms with Crippen molar-refractivity contribution in [2.45, 2.75) is 38.5 Å². The maximum absolute atomic E-state index is 13.1. The van der Waals surface area contributed by atoms with E-state index < -0.39 is 0 Å². The molecule has 5 nitrogen and oxygen atoms in total. The summed E-state index contributed by atoms with van der Waals surface area (Å²) in [5.74, 6) is -0.249. The fourth-order valence-corrected chi connectivity index (χ4v) is 4.03. The van der Waals surface area contributed by atoms with Gasteiger partial charge in [0.05, 0.1) is 30.4 Å². The first kappa shape index (κ1) is 16.2. The van der Waals surface area contributed by atoms with Gasteiger partial charge in [-0.2, -0.15) is 0 Å². The third kappa shape index (κ3) is 2.83. The highest BCUT2D eigenvalue weighted by molar-refractivity contribution is 6.25. The van der Waals surface area contributed by atoms with Gasteiger partial charge in [0, 0.05) is 18.5 Å². The zero-order valence-electron chi connectivity index (χ0n) is 14.5. The zero-order valence-corrected chi connectivity index (χ0v) is 14.5. The minimum Gasteiger partial charge on any atom is -0.373 e. The molecule has 2 fully saturated rings. The van der Waals surface area contributed by atoms with E-state index in [1.54, 1.807) is 0 Å². The smallest absolute Gasteiger partial charge is 0.251 e. The van der Waals surface area contributed by atoms with Crippen LogP contribution in [0.1, 0.15) is 20.3 Å². The van der Waals surface area contributed by atoms with Crippen molar-refractivity contribution in [2.24, 2.45) is 0 Å². The highest BCUT2D eigenvalue weighted by atomic mass is 16.5. The number of fused-ring (bicyclic) bond motifs is 1. The Morgan fingerprint density at radius 2 is 1.64 bits per heavy atom. The van der Waals surface area contributed by atoms with Crippen LogP contribution in [-0.4, -0.2) is 48.1 Å². The number of carbonyl (C=O) groups is 2. The SMILES string of the molecule is C[C@@H]1CN([C@@H]2CC(=O)N(c3cccc4ccccc34)C2=O)C[C@@H](C)O1. The number of nitrogens with zero attached hydrogens (tertiary/aromatic N) is 2. The molecule has 3 atom stereocenters. The van der Waals surface area contributed by atoms with Crippen molar-refractivity contribution in [2.75, 3.05) is 18.0 Å². The molecule has 2 aromatic rings. The average molecular weight is 338 g/mol. The van der Waals surface area contributed by atoms with Crippen molar-refractivity contribution in [3.8, 4) is 0 Å². The number of carbonyl (C=O) groups excluding carboxylic acids is 2. The summed E-state index contributed by atoms with van der Waals surface area (Å²) in [5.41, 5.74) is 0.685. The van der Waals surface area contributed by atoms with Gasteiger partial charge in [-0.05, 0) is 25.3 Å². The molecule has 130 valence electrons. The van der Waals surface area contributed by atoms with Gasteiger partial charge < -0.3 is 4.74 Å². The molecule has 0 N–H and O–H groups in total. The quantitative estimate of drug-likeness (QED) is 0.790. The number of anilines is 1. The van der Waals surface area contributed by atoms with Gasteiger partial charge in [0.1, 0.15) is 0 Å². The molecule has 2 heterocycles. The molecular weight excluding hydrogens is 316 g/mol. The predicted molar refractivity (Wildman–Crippen MR) is 96.4 cm³/mol. The van der Waals surface area contributed by atoms with Gasteiger partial charge in [0.25, 0.3) is 5.91 Å². The van der Waals surface area contributed by atoms with Gasteiger partial charge in [-0.1, -0.05) is 36.4 Å². The molecule has 2 aromatic carbocycles. The molecule has 5 heteroatoms. The van der Waals surface area contributed by atoms with Crippen LogP contribution in [0, 0.1) is 0 Å². The van der Waals surface area contributed by atoms with E-state index >= 15 is 0 Å². The van der Waals surface area contributed by atoms with E-state index in [0.29, 0.717) is 18.8 Å². The van der Waals surface area contributed by atoms with E-state index in [-0.39, 0.29) is 36.5 Å². The number of ether oxygens (including phenoxy) is 1. The van der Waals surface area contributed by atoms with E-state index in [0.717, 1.165) is 10.8 Å². The number of imide groups is 1. The number of morpholine rings is 1. The van der Waals surface area contributed by atoms with Gasteiger partial charge in [-0.3, -0.25) is 14.5 Å². The highest BCUT2D eigenvalue weighted by Gasteiger charge is 2.44. The van der Waals surface area contributed by atoms with Gasteiger partial charge in [0.15, 0.2) is 0 Å². The molecule has 2 amide bonds. The van der Waals surface area contributed by atoms with E-state index in [9.17, 15) is 9.59 Å². The molecule has 0 unspecified atom stereocenters. The van der Waals surface area contributed by atoms with Crippen molar-refractivity contribution >= 4 is 28.3 Å². The number of hydrogen-bond acceptors (Lipinski definition) is 4. The lowest BCUT2D eigenvalue weighted by Gasteiger charge is -2.37. The Morgan fingerprint density at radius 3 is 2.40 bits per heavy atom. The number of hydrogen-bond donors (Lipinski definition) is 0. The molecule has 2 saturated heterocycles. The third-order valence-corrected chi connectivity index (χ3v) is 5.02. The first-order valence-corrected chi connectivity index (χ1v) is 8.78. The molecule has 2 aliphatic heterocycles. The Kier molecular flexibility index (Phi) is 4.06. The minimum absolute atomic E-state index is 0.0678. The molecule has 4 rings (SSSR count). The van der Waals surface area contributed by atoms with Crippen molar-refractivity contribution in [3.05, 3.63) is 42.5 Å². The van der Waals surface area contributed by atoms with E-state index in [4.69, 9.17) is 4.74 Å². The highest BCUT2D eigenvalue weighted by Crippen LogP contribution is 2.32. The summed E-state index contributed by atoms with van der Waals surface area (Å²) >= 11 is 0. The van der Waals surface area contributed by atoms with Gasteiger partial charge in [0.2, 0.25) is 5.91 Å². The fraction of sp³-hybridized carbons (Fsp3) is 0.400. The average Bonchev–Trinajstić information content (AvgIpc) is 2.88. The van der Waals surface area contributed by atoms with E-state index in [2.05, 4.69) is 4.90 Å². The maximum atomic E-state index is 13.1. The van der Waals surface area contributed by atoms with Crippen LogP contribution in [0.5, 0.6) is 0 Å². The number of benzene rings is 2. The van der Waals surface area contributed by atoms with E-state index in [1.807, 2.05) is 56.3 Å². The van der Waals surface area contributed by atoms with Crippen molar-refractivity contribution in [3.63, 3.8) is 0 Å². The van der Waals surface area contributed by atoms with Crippen LogP contribution in [0.25, 0.3) is 10.8 Å². The Balaban J connectivity index is 1.67. The lowest BCUT2D eigenvalue weighted by molar-refractivity contribution is -0.127. The zero-order chi connectivity index (χ0) is 17.6.